The largest absolute Gasteiger partial charge is 0.452 e. The Hall–Kier alpha value is -3.36. The molecule has 0 saturated carbocycles. The van der Waals surface area contributed by atoms with E-state index < -0.39 is 9.85 Å². The van der Waals surface area contributed by atoms with Crippen LogP contribution in [-0.2, 0) is 0 Å². The Kier molecular flexibility index (Phi) is 3.57. The number of hydrogen-bond donors (Lipinski definition) is 2. The van der Waals surface area contributed by atoms with Gasteiger partial charge in [0, 0.05) is 12.1 Å². The SMILES string of the molecule is Nc1ccc([N+](=O)[O-])cc1Oc1cc([N+](=O)[O-])ccc1N. The molecule has 0 unspecified atom stereocenters. The normalized spacial score (nSPS) is 10.1. The Bertz CT molecular complexity index is 670. The van der Waals surface area contributed by atoms with Crippen LogP contribution in [0.5, 0.6) is 11.5 Å². The maximum Gasteiger partial charge on any atom is 0.273 e. The van der Waals surface area contributed by atoms with Gasteiger partial charge in [-0.15, -0.1) is 0 Å². The summed E-state index contributed by atoms with van der Waals surface area (Å²) in [5, 5.41) is 21.4. The van der Waals surface area contributed by atoms with Crippen LogP contribution in [0.25, 0.3) is 0 Å². The van der Waals surface area contributed by atoms with Gasteiger partial charge in [0.15, 0.2) is 11.5 Å². The molecule has 0 heterocycles. The van der Waals surface area contributed by atoms with E-state index in [0.717, 1.165) is 12.1 Å². The molecule has 108 valence electrons. The van der Waals surface area contributed by atoms with Gasteiger partial charge in [-0.2, -0.15) is 0 Å². The van der Waals surface area contributed by atoms with E-state index >= 15 is 0 Å². The van der Waals surface area contributed by atoms with Crippen molar-refractivity contribution in [3.63, 3.8) is 0 Å². The maximum atomic E-state index is 10.7. The Morgan fingerprint density at radius 1 is 0.810 bits per heavy atom. The van der Waals surface area contributed by atoms with E-state index in [2.05, 4.69) is 0 Å². The van der Waals surface area contributed by atoms with Crippen molar-refractivity contribution >= 4 is 22.7 Å². The molecular weight excluding hydrogens is 280 g/mol. The molecule has 21 heavy (non-hydrogen) atoms. The molecule has 0 aliphatic rings. The third-order valence-electron chi connectivity index (χ3n) is 2.64. The predicted octanol–water partition coefficient (Wildman–Crippen LogP) is 2.46. The lowest BCUT2D eigenvalue weighted by Gasteiger charge is -2.10. The molecule has 0 aromatic heterocycles. The highest BCUT2D eigenvalue weighted by atomic mass is 16.6. The molecule has 0 spiro atoms. The van der Waals surface area contributed by atoms with Gasteiger partial charge in [-0.1, -0.05) is 0 Å². The van der Waals surface area contributed by atoms with E-state index in [9.17, 15) is 20.2 Å². The number of ether oxygens (including phenoxy) is 1. The molecule has 0 aliphatic heterocycles. The molecule has 0 atom stereocenters. The van der Waals surface area contributed by atoms with Crippen molar-refractivity contribution in [2.24, 2.45) is 0 Å². The van der Waals surface area contributed by atoms with Gasteiger partial charge in [-0.05, 0) is 12.1 Å². The highest BCUT2D eigenvalue weighted by Crippen LogP contribution is 2.35. The van der Waals surface area contributed by atoms with Crippen molar-refractivity contribution in [2.45, 2.75) is 0 Å². The average Bonchev–Trinajstić information content (AvgIpc) is 2.43. The second-order valence-electron chi connectivity index (χ2n) is 4.06. The number of anilines is 2. The van der Waals surface area contributed by atoms with Gasteiger partial charge < -0.3 is 16.2 Å². The third-order valence-corrected chi connectivity index (χ3v) is 2.64. The number of non-ortho nitro benzene ring substituents is 2. The van der Waals surface area contributed by atoms with Crippen molar-refractivity contribution in [3.05, 3.63) is 56.6 Å². The lowest BCUT2D eigenvalue weighted by molar-refractivity contribution is -0.384. The zero-order chi connectivity index (χ0) is 15.6. The molecule has 0 radical (unpaired) electrons. The fourth-order valence-corrected chi connectivity index (χ4v) is 1.57. The first-order valence-corrected chi connectivity index (χ1v) is 5.64. The molecule has 0 aliphatic carbocycles. The summed E-state index contributed by atoms with van der Waals surface area (Å²) in [6.45, 7) is 0. The van der Waals surface area contributed by atoms with Crippen LogP contribution >= 0.6 is 0 Å². The van der Waals surface area contributed by atoms with Crippen LogP contribution in [0.15, 0.2) is 36.4 Å². The van der Waals surface area contributed by atoms with E-state index in [0.29, 0.717) is 0 Å². The zero-order valence-electron chi connectivity index (χ0n) is 10.6. The van der Waals surface area contributed by atoms with Crippen LogP contribution in [0.1, 0.15) is 0 Å². The number of nitro benzene ring substituents is 2. The van der Waals surface area contributed by atoms with E-state index in [4.69, 9.17) is 16.2 Å². The number of hydrogen-bond acceptors (Lipinski definition) is 7. The summed E-state index contributed by atoms with van der Waals surface area (Å²) < 4.78 is 5.36. The van der Waals surface area contributed by atoms with Crippen LogP contribution in [-0.4, -0.2) is 9.85 Å². The topological polar surface area (TPSA) is 148 Å². The maximum absolute atomic E-state index is 10.7. The molecule has 2 rings (SSSR count). The number of nitrogens with two attached hydrogens (primary N) is 2. The van der Waals surface area contributed by atoms with Gasteiger partial charge >= 0.3 is 0 Å². The average molecular weight is 290 g/mol. The first kappa shape index (κ1) is 14.1. The Labute approximate surface area is 118 Å². The van der Waals surface area contributed by atoms with E-state index in [1.807, 2.05) is 0 Å². The molecule has 2 aromatic carbocycles. The summed E-state index contributed by atoms with van der Waals surface area (Å²) in [6.07, 6.45) is 0. The number of nitrogens with zero attached hydrogens (tertiary/aromatic N) is 2. The monoisotopic (exact) mass is 290 g/mol. The smallest absolute Gasteiger partial charge is 0.273 e. The first-order chi connectivity index (χ1) is 9.88. The lowest BCUT2D eigenvalue weighted by atomic mass is 10.2. The number of rotatable bonds is 4. The quantitative estimate of drug-likeness (QED) is 0.499. The summed E-state index contributed by atoms with van der Waals surface area (Å²) >= 11 is 0. The van der Waals surface area contributed by atoms with Gasteiger partial charge in [0.05, 0.1) is 33.4 Å². The van der Waals surface area contributed by atoms with Gasteiger partial charge in [-0.3, -0.25) is 20.2 Å². The summed E-state index contributed by atoms with van der Waals surface area (Å²) in [5.41, 5.74) is 11.2. The molecule has 0 saturated heterocycles. The molecule has 2 aromatic rings. The van der Waals surface area contributed by atoms with Crippen LogP contribution in [0, 0.1) is 20.2 Å². The minimum absolute atomic E-state index is 0.00334. The van der Waals surface area contributed by atoms with E-state index in [1.165, 1.54) is 24.3 Å². The number of nitrogen functional groups attached to an aromatic ring is 2. The standard InChI is InChI=1S/C12H10N4O5/c13-9-3-1-7(15(17)18)5-11(9)21-12-6-8(16(19)20)2-4-10(12)14/h1-6H,13-14H2. The van der Waals surface area contributed by atoms with Gasteiger partial charge in [-0.25, -0.2) is 0 Å². The van der Waals surface area contributed by atoms with Crippen LogP contribution in [0.3, 0.4) is 0 Å². The fraction of sp³-hybridized carbons (Fsp3) is 0. The summed E-state index contributed by atoms with van der Waals surface area (Å²) in [5.74, 6) is -0.00667. The number of nitro groups is 2. The molecular formula is C12H10N4O5. The number of benzene rings is 2. The highest BCUT2D eigenvalue weighted by Gasteiger charge is 2.15. The molecule has 0 bridgehead atoms. The summed E-state index contributed by atoms with van der Waals surface area (Å²) in [7, 11) is 0. The van der Waals surface area contributed by atoms with Crippen molar-refractivity contribution < 1.29 is 14.6 Å². The van der Waals surface area contributed by atoms with Crippen molar-refractivity contribution in [2.75, 3.05) is 11.5 Å². The predicted molar refractivity (Wildman–Crippen MR) is 75.1 cm³/mol. The van der Waals surface area contributed by atoms with Crippen molar-refractivity contribution in [1.82, 2.24) is 0 Å². The van der Waals surface area contributed by atoms with Gasteiger partial charge in [0.1, 0.15) is 0 Å². The lowest BCUT2D eigenvalue weighted by Crippen LogP contribution is -1.98. The molecule has 9 heteroatoms. The Morgan fingerprint density at radius 3 is 1.52 bits per heavy atom. The Morgan fingerprint density at radius 2 is 1.19 bits per heavy atom. The summed E-state index contributed by atoms with van der Waals surface area (Å²) in [6, 6.07) is 7.29. The zero-order valence-corrected chi connectivity index (χ0v) is 10.6. The molecule has 0 amide bonds. The van der Waals surface area contributed by atoms with E-state index in [-0.39, 0.29) is 34.2 Å². The molecule has 0 fully saturated rings. The van der Waals surface area contributed by atoms with Crippen molar-refractivity contribution in [3.8, 4) is 11.5 Å². The Balaban J connectivity index is 2.42. The van der Waals surface area contributed by atoms with E-state index in [1.54, 1.807) is 0 Å². The van der Waals surface area contributed by atoms with Crippen LogP contribution in [0.4, 0.5) is 22.7 Å². The second kappa shape index (κ2) is 5.33. The minimum atomic E-state index is -0.608. The van der Waals surface area contributed by atoms with Crippen molar-refractivity contribution in [1.29, 1.82) is 0 Å². The van der Waals surface area contributed by atoms with Crippen LogP contribution < -0.4 is 16.2 Å². The first-order valence-electron chi connectivity index (χ1n) is 5.64. The summed E-state index contributed by atoms with van der Waals surface area (Å²) in [4.78, 5) is 20.2. The van der Waals surface area contributed by atoms with Gasteiger partial charge in [0.2, 0.25) is 0 Å². The van der Waals surface area contributed by atoms with Gasteiger partial charge in [0.25, 0.3) is 11.4 Å². The minimum Gasteiger partial charge on any atom is -0.452 e. The van der Waals surface area contributed by atoms with Crippen LogP contribution in [0.2, 0.25) is 0 Å². The fourth-order valence-electron chi connectivity index (χ4n) is 1.57. The highest BCUT2D eigenvalue weighted by molar-refractivity contribution is 5.63. The third kappa shape index (κ3) is 2.97. The molecule has 4 N–H and O–H groups in total. The molecule has 9 nitrogen and oxygen atoms in total. The second-order valence-corrected chi connectivity index (χ2v) is 4.06.